The normalized spacial score (nSPS) is 20.2. The number of amides is 1. The van der Waals surface area contributed by atoms with Crippen molar-refractivity contribution < 1.29 is 9.53 Å². The molecule has 10 heteroatoms. The highest BCUT2D eigenvalue weighted by molar-refractivity contribution is 6.10. The molecule has 0 saturated carbocycles. The Balaban J connectivity index is 1.42. The van der Waals surface area contributed by atoms with Crippen LogP contribution in [0.15, 0.2) is 59.8 Å². The number of ether oxygens (including phenoxy) is 1. The fraction of sp³-hybridized carbons (Fsp3) is 0.412. The topological polar surface area (TPSA) is 112 Å². The highest BCUT2D eigenvalue weighted by atomic mass is 16.5. The summed E-state index contributed by atoms with van der Waals surface area (Å²) in [5.41, 5.74) is 11.9. The molecule has 0 spiro atoms. The van der Waals surface area contributed by atoms with E-state index in [9.17, 15) is 9.59 Å². The van der Waals surface area contributed by atoms with Gasteiger partial charge in [-0.05, 0) is 47.9 Å². The van der Waals surface area contributed by atoms with E-state index in [0.29, 0.717) is 68.5 Å². The van der Waals surface area contributed by atoms with E-state index < -0.39 is 0 Å². The van der Waals surface area contributed by atoms with Gasteiger partial charge < -0.3 is 24.8 Å². The molecule has 1 unspecified atom stereocenters. The number of carbonyl (C=O) groups is 1. The number of allylic oxidation sites excluding steroid dienone is 1. The van der Waals surface area contributed by atoms with E-state index >= 15 is 0 Å². The third-order valence-corrected chi connectivity index (χ3v) is 9.08. The van der Waals surface area contributed by atoms with Crippen molar-refractivity contribution in [3.05, 3.63) is 93.3 Å². The lowest BCUT2D eigenvalue weighted by Gasteiger charge is -2.35. The van der Waals surface area contributed by atoms with Crippen molar-refractivity contribution in [1.29, 1.82) is 0 Å². The van der Waals surface area contributed by atoms with E-state index in [2.05, 4.69) is 24.0 Å². The third kappa shape index (κ3) is 5.33. The molecule has 2 N–H and O–H groups in total. The number of morpholine rings is 1. The fourth-order valence-electron chi connectivity index (χ4n) is 6.84. The van der Waals surface area contributed by atoms with Crippen LogP contribution in [0, 0.1) is 5.92 Å². The number of piperidine rings is 1. The zero-order valence-electron chi connectivity index (χ0n) is 25.2. The minimum absolute atomic E-state index is 0.0188. The number of nitrogens with two attached hydrogens (primary N) is 1. The van der Waals surface area contributed by atoms with Gasteiger partial charge in [0, 0.05) is 45.0 Å². The van der Waals surface area contributed by atoms with Gasteiger partial charge in [0.25, 0.3) is 11.5 Å². The maximum absolute atomic E-state index is 14.6. The van der Waals surface area contributed by atoms with Crippen LogP contribution in [0.2, 0.25) is 0 Å². The Kier molecular flexibility index (Phi) is 7.78. The van der Waals surface area contributed by atoms with Crippen molar-refractivity contribution >= 4 is 28.8 Å². The van der Waals surface area contributed by atoms with Gasteiger partial charge in [-0.3, -0.25) is 19.1 Å². The average molecular weight is 594 g/mol. The Labute approximate surface area is 256 Å². The number of pyridine rings is 1. The lowest BCUT2D eigenvalue weighted by molar-refractivity contribution is 0.0304. The van der Waals surface area contributed by atoms with Crippen LogP contribution >= 0.6 is 0 Å². The molecular formula is C34H39N7O3. The van der Waals surface area contributed by atoms with Crippen molar-refractivity contribution in [2.24, 2.45) is 11.7 Å². The quantitative estimate of drug-likeness (QED) is 0.365. The number of anilines is 1. The summed E-state index contributed by atoms with van der Waals surface area (Å²) in [5, 5.41) is 0. The van der Waals surface area contributed by atoms with Gasteiger partial charge in [0.15, 0.2) is 0 Å². The van der Waals surface area contributed by atoms with Gasteiger partial charge in [0.1, 0.15) is 22.4 Å². The van der Waals surface area contributed by atoms with Gasteiger partial charge in [-0.15, -0.1) is 0 Å². The van der Waals surface area contributed by atoms with Crippen LogP contribution in [0.1, 0.15) is 52.5 Å². The highest BCUT2D eigenvalue weighted by Crippen LogP contribution is 2.34. The van der Waals surface area contributed by atoms with E-state index in [4.69, 9.17) is 20.4 Å². The molecule has 1 aliphatic carbocycles. The Bertz CT molecular complexity index is 1770. The highest BCUT2D eigenvalue weighted by Gasteiger charge is 2.34. The Morgan fingerprint density at radius 3 is 2.68 bits per heavy atom. The first kappa shape index (κ1) is 28.5. The molecule has 0 radical (unpaired) electrons. The summed E-state index contributed by atoms with van der Waals surface area (Å²) in [7, 11) is 0. The maximum atomic E-state index is 14.6. The van der Waals surface area contributed by atoms with Crippen LogP contribution < -0.4 is 16.2 Å². The smallest absolute Gasteiger partial charge is 0.278 e. The molecule has 5 heterocycles. The van der Waals surface area contributed by atoms with Crippen molar-refractivity contribution in [2.75, 3.05) is 44.3 Å². The number of fused-ring (bicyclic) bond motifs is 2. The van der Waals surface area contributed by atoms with E-state index in [1.165, 1.54) is 5.56 Å². The Hall–Kier alpha value is -4.28. The van der Waals surface area contributed by atoms with Crippen LogP contribution in [0.3, 0.4) is 0 Å². The molecule has 2 atom stereocenters. The van der Waals surface area contributed by atoms with Gasteiger partial charge in [-0.2, -0.15) is 0 Å². The van der Waals surface area contributed by atoms with E-state index in [0.717, 1.165) is 48.4 Å². The van der Waals surface area contributed by atoms with Gasteiger partial charge in [-0.1, -0.05) is 49.4 Å². The second kappa shape index (κ2) is 12.0. The number of rotatable bonds is 6. The molecule has 2 fully saturated rings. The summed E-state index contributed by atoms with van der Waals surface area (Å²) in [6.45, 7) is 6.25. The molecule has 0 bridgehead atoms. The summed E-state index contributed by atoms with van der Waals surface area (Å²) >= 11 is 0. The fourth-order valence-corrected chi connectivity index (χ4v) is 6.84. The molecular weight excluding hydrogens is 554 g/mol. The summed E-state index contributed by atoms with van der Waals surface area (Å²) in [6, 6.07) is 12.1. The van der Waals surface area contributed by atoms with Crippen molar-refractivity contribution in [3.8, 4) is 0 Å². The second-order valence-electron chi connectivity index (χ2n) is 12.3. The lowest BCUT2D eigenvalue weighted by atomic mass is 9.90. The molecule has 4 aromatic rings. The van der Waals surface area contributed by atoms with Crippen LogP contribution in [0.5, 0.6) is 0 Å². The number of aromatic nitrogens is 4. The molecule has 7 rings (SSSR count). The van der Waals surface area contributed by atoms with Crippen LogP contribution in [0.25, 0.3) is 17.1 Å². The van der Waals surface area contributed by atoms with Gasteiger partial charge in [-0.25, -0.2) is 4.98 Å². The number of benzene rings is 1. The second-order valence-corrected chi connectivity index (χ2v) is 12.3. The first-order chi connectivity index (χ1) is 21.5. The standard InChI is InChI=1S/C34H39N7O3/c1-23-9-10-25-11-12-36-28(27(25)18-23)21-40-22-37-30-29(33(42)38-14-16-44-17-15-38)32(39-13-5-8-26(35)20-39)41(31(30)34(40)43)19-24-6-3-2-4-7-24/h2-4,6-7,9-12,22-23,26H,5,8,13-21,35H2,1H3/t23?,26-/m0/s1. The number of carbonyl (C=O) groups excluding carboxylic acids is 1. The zero-order chi connectivity index (χ0) is 30.2. The predicted octanol–water partition coefficient (Wildman–Crippen LogP) is 3.29. The van der Waals surface area contributed by atoms with Crippen LogP contribution in [-0.2, 0) is 24.2 Å². The minimum Gasteiger partial charge on any atom is -0.378 e. The molecule has 10 nitrogen and oxygen atoms in total. The molecule has 1 amide bonds. The molecule has 3 aliphatic rings. The van der Waals surface area contributed by atoms with E-state index in [1.807, 2.05) is 45.9 Å². The zero-order valence-corrected chi connectivity index (χ0v) is 25.2. The van der Waals surface area contributed by atoms with Crippen molar-refractivity contribution in [2.45, 2.75) is 45.3 Å². The van der Waals surface area contributed by atoms with Crippen molar-refractivity contribution in [3.63, 3.8) is 0 Å². The third-order valence-electron chi connectivity index (χ3n) is 9.08. The molecule has 228 valence electrons. The number of hydrogen-bond donors (Lipinski definition) is 1. The predicted molar refractivity (Wildman–Crippen MR) is 171 cm³/mol. The van der Waals surface area contributed by atoms with Crippen LogP contribution in [0.4, 0.5) is 5.82 Å². The number of nitrogens with zero attached hydrogens (tertiary/aromatic N) is 6. The first-order valence-corrected chi connectivity index (χ1v) is 15.7. The molecule has 2 aliphatic heterocycles. The molecule has 1 aromatic carbocycles. The van der Waals surface area contributed by atoms with Gasteiger partial charge in [0.05, 0.1) is 31.8 Å². The summed E-state index contributed by atoms with van der Waals surface area (Å²) in [6.07, 6.45) is 10.5. The Morgan fingerprint density at radius 1 is 1.07 bits per heavy atom. The lowest BCUT2D eigenvalue weighted by Crippen LogP contribution is -2.45. The maximum Gasteiger partial charge on any atom is 0.278 e. The SMILES string of the molecule is CC1C=Cc2ccnc(Cn3cnc4c(C(=O)N5CCOCC5)c(N5CCC[C@H](N)C5)n(Cc5ccccc5)c4c3=O)c2C1. The molecule has 3 aromatic heterocycles. The van der Waals surface area contributed by atoms with E-state index in [1.54, 1.807) is 17.1 Å². The summed E-state index contributed by atoms with van der Waals surface area (Å²) in [5.74, 6) is 1.01. The van der Waals surface area contributed by atoms with E-state index in [-0.39, 0.29) is 17.5 Å². The monoisotopic (exact) mass is 593 g/mol. The van der Waals surface area contributed by atoms with Gasteiger partial charge in [0.2, 0.25) is 0 Å². The Morgan fingerprint density at radius 2 is 1.89 bits per heavy atom. The van der Waals surface area contributed by atoms with Crippen LogP contribution in [-0.4, -0.2) is 75.3 Å². The molecule has 2 saturated heterocycles. The van der Waals surface area contributed by atoms with Crippen molar-refractivity contribution in [1.82, 2.24) is 24.0 Å². The number of hydrogen-bond acceptors (Lipinski definition) is 7. The minimum atomic E-state index is -0.187. The largest absolute Gasteiger partial charge is 0.378 e. The summed E-state index contributed by atoms with van der Waals surface area (Å²) < 4.78 is 9.21. The summed E-state index contributed by atoms with van der Waals surface area (Å²) in [4.78, 5) is 42.5. The molecule has 44 heavy (non-hydrogen) atoms. The van der Waals surface area contributed by atoms with Gasteiger partial charge >= 0.3 is 0 Å². The average Bonchev–Trinajstić information content (AvgIpc) is 3.37. The first-order valence-electron chi connectivity index (χ1n) is 15.7.